The van der Waals surface area contributed by atoms with Crippen LogP contribution in [-0.4, -0.2) is 35.6 Å². The fourth-order valence-electron chi connectivity index (χ4n) is 4.31. The number of nitrogens with zero attached hydrogens (tertiary/aromatic N) is 1. The summed E-state index contributed by atoms with van der Waals surface area (Å²) in [5.74, 6) is 0. The van der Waals surface area contributed by atoms with Gasteiger partial charge in [0.05, 0.1) is 0 Å². The second-order valence-corrected chi connectivity index (χ2v) is 7.92. The summed E-state index contributed by atoms with van der Waals surface area (Å²) in [6, 6.07) is 3.66. The summed E-state index contributed by atoms with van der Waals surface area (Å²) in [5.41, 5.74) is 1.94. The Balaban J connectivity index is 1.69. The SMILES string of the molecule is CCC1CNC2(CCCCC2)CN1C(C)Cc1ccsc1. The quantitative estimate of drug-likeness (QED) is 0.902. The molecular weight excluding hydrogens is 276 g/mol. The van der Waals surface area contributed by atoms with Gasteiger partial charge in [-0.05, 0) is 55.0 Å². The van der Waals surface area contributed by atoms with Crippen molar-refractivity contribution in [1.82, 2.24) is 10.2 Å². The molecule has 1 spiro atoms. The second kappa shape index (κ2) is 6.80. The average molecular weight is 307 g/mol. The van der Waals surface area contributed by atoms with E-state index in [2.05, 4.69) is 40.9 Å². The van der Waals surface area contributed by atoms with Crippen molar-refractivity contribution >= 4 is 11.3 Å². The summed E-state index contributed by atoms with van der Waals surface area (Å²) in [6.45, 7) is 7.22. The molecule has 0 aromatic carbocycles. The highest BCUT2D eigenvalue weighted by atomic mass is 32.1. The normalized spacial score (nSPS) is 27.8. The van der Waals surface area contributed by atoms with Crippen LogP contribution < -0.4 is 5.32 Å². The van der Waals surface area contributed by atoms with Crippen molar-refractivity contribution in [1.29, 1.82) is 0 Å². The Morgan fingerprint density at radius 2 is 2.19 bits per heavy atom. The van der Waals surface area contributed by atoms with Gasteiger partial charge >= 0.3 is 0 Å². The zero-order valence-electron chi connectivity index (χ0n) is 13.6. The lowest BCUT2D eigenvalue weighted by atomic mass is 9.78. The molecule has 1 aliphatic heterocycles. The molecular formula is C18H30N2S. The fraction of sp³-hybridized carbons (Fsp3) is 0.778. The van der Waals surface area contributed by atoms with Crippen molar-refractivity contribution in [2.75, 3.05) is 13.1 Å². The van der Waals surface area contributed by atoms with Crippen LogP contribution in [0.2, 0.25) is 0 Å². The number of thiophene rings is 1. The minimum atomic E-state index is 0.423. The number of hydrogen-bond donors (Lipinski definition) is 1. The molecule has 1 N–H and O–H groups in total. The topological polar surface area (TPSA) is 15.3 Å². The second-order valence-electron chi connectivity index (χ2n) is 7.14. The number of nitrogens with one attached hydrogen (secondary N) is 1. The Bertz CT molecular complexity index is 422. The van der Waals surface area contributed by atoms with E-state index in [0.717, 1.165) is 0 Å². The lowest BCUT2D eigenvalue weighted by Crippen LogP contribution is -2.66. The molecule has 2 fully saturated rings. The van der Waals surface area contributed by atoms with E-state index in [9.17, 15) is 0 Å². The van der Waals surface area contributed by atoms with Gasteiger partial charge in [-0.3, -0.25) is 4.90 Å². The average Bonchev–Trinajstić information content (AvgIpc) is 3.01. The van der Waals surface area contributed by atoms with Crippen molar-refractivity contribution in [3.05, 3.63) is 22.4 Å². The van der Waals surface area contributed by atoms with E-state index in [1.54, 1.807) is 0 Å². The van der Waals surface area contributed by atoms with Crippen LogP contribution in [0.3, 0.4) is 0 Å². The van der Waals surface area contributed by atoms with Crippen LogP contribution in [0.1, 0.15) is 57.9 Å². The standard InChI is InChI=1S/C18H30N2S/c1-3-17-12-19-18(8-5-4-6-9-18)14-20(17)15(2)11-16-7-10-21-13-16/h7,10,13,15,17,19H,3-6,8-9,11-12,14H2,1-2H3. The maximum Gasteiger partial charge on any atom is 0.0309 e. The third-order valence-electron chi connectivity index (χ3n) is 5.63. The zero-order valence-corrected chi connectivity index (χ0v) is 14.4. The summed E-state index contributed by atoms with van der Waals surface area (Å²) < 4.78 is 0. The molecule has 0 amide bonds. The molecule has 2 aliphatic rings. The van der Waals surface area contributed by atoms with Crippen LogP contribution in [0.4, 0.5) is 0 Å². The Morgan fingerprint density at radius 3 is 2.86 bits per heavy atom. The molecule has 0 bridgehead atoms. The minimum Gasteiger partial charge on any atom is -0.308 e. The van der Waals surface area contributed by atoms with Crippen LogP contribution >= 0.6 is 11.3 Å². The first kappa shape index (κ1) is 15.5. The predicted molar refractivity (Wildman–Crippen MR) is 92.1 cm³/mol. The van der Waals surface area contributed by atoms with Gasteiger partial charge in [-0.15, -0.1) is 0 Å². The highest BCUT2D eigenvalue weighted by molar-refractivity contribution is 7.07. The van der Waals surface area contributed by atoms with Crippen molar-refractivity contribution in [2.45, 2.75) is 76.4 Å². The number of hydrogen-bond acceptors (Lipinski definition) is 3. The lowest BCUT2D eigenvalue weighted by Gasteiger charge is -2.51. The molecule has 118 valence electrons. The molecule has 2 unspecified atom stereocenters. The fourth-order valence-corrected chi connectivity index (χ4v) is 4.99. The summed E-state index contributed by atoms with van der Waals surface area (Å²) in [6.07, 6.45) is 9.49. The summed E-state index contributed by atoms with van der Waals surface area (Å²) in [7, 11) is 0. The molecule has 21 heavy (non-hydrogen) atoms. The van der Waals surface area contributed by atoms with E-state index >= 15 is 0 Å². The molecule has 2 atom stereocenters. The predicted octanol–water partition coefficient (Wildman–Crippen LogP) is 4.07. The van der Waals surface area contributed by atoms with Gasteiger partial charge in [0.15, 0.2) is 0 Å². The van der Waals surface area contributed by atoms with Gasteiger partial charge in [0.25, 0.3) is 0 Å². The van der Waals surface area contributed by atoms with Gasteiger partial charge in [0.1, 0.15) is 0 Å². The number of rotatable bonds is 4. The Hall–Kier alpha value is -0.380. The van der Waals surface area contributed by atoms with Crippen molar-refractivity contribution in [3.63, 3.8) is 0 Å². The summed E-state index contributed by atoms with van der Waals surface area (Å²) in [5, 5.41) is 8.46. The van der Waals surface area contributed by atoms with E-state index in [4.69, 9.17) is 0 Å². The van der Waals surface area contributed by atoms with E-state index in [-0.39, 0.29) is 0 Å². The molecule has 2 nitrogen and oxygen atoms in total. The van der Waals surface area contributed by atoms with Crippen LogP contribution in [-0.2, 0) is 6.42 Å². The van der Waals surface area contributed by atoms with E-state index in [1.165, 1.54) is 63.6 Å². The first-order valence-electron chi connectivity index (χ1n) is 8.74. The number of piperazine rings is 1. The third kappa shape index (κ3) is 3.52. The monoisotopic (exact) mass is 306 g/mol. The molecule has 1 saturated heterocycles. The van der Waals surface area contributed by atoms with Crippen LogP contribution in [0.25, 0.3) is 0 Å². The van der Waals surface area contributed by atoms with Crippen molar-refractivity contribution in [2.24, 2.45) is 0 Å². The van der Waals surface area contributed by atoms with Crippen molar-refractivity contribution in [3.8, 4) is 0 Å². The van der Waals surface area contributed by atoms with Crippen LogP contribution in [0.15, 0.2) is 16.8 Å². The van der Waals surface area contributed by atoms with Gasteiger partial charge in [-0.25, -0.2) is 0 Å². The zero-order chi connectivity index (χ0) is 14.7. The molecule has 1 aromatic heterocycles. The maximum absolute atomic E-state index is 3.94. The smallest absolute Gasteiger partial charge is 0.0309 e. The Kier molecular flexibility index (Phi) is 5.03. The molecule has 1 aromatic rings. The highest BCUT2D eigenvalue weighted by Gasteiger charge is 2.40. The first-order chi connectivity index (χ1) is 10.2. The highest BCUT2D eigenvalue weighted by Crippen LogP contribution is 2.33. The molecule has 2 heterocycles. The summed E-state index contributed by atoms with van der Waals surface area (Å²) in [4.78, 5) is 2.82. The van der Waals surface area contributed by atoms with Gasteiger partial charge in [0.2, 0.25) is 0 Å². The van der Waals surface area contributed by atoms with Gasteiger partial charge < -0.3 is 5.32 Å². The van der Waals surface area contributed by atoms with E-state index in [0.29, 0.717) is 17.6 Å². The van der Waals surface area contributed by atoms with Gasteiger partial charge in [-0.2, -0.15) is 11.3 Å². The van der Waals surface area contributed by atoms with E-state index in [1.807, 2.05) is 11.3 Å². The van der Waals surface area contributed by atoms with Gasteiger partial charge in [-0.1, -0.05) is 26.2 Å². The Labute approximate surface area is 133 Å². The first-order valence-corrected chi connectivity index (χ1v) is 9.68. The largest absolute Gasteiger partial charge is 0.308 e. The molecule has 3 rings (SSSR count). The van der Waals surface area contributed by atoms with Gasteiger partial charge in [0, 0.05) is 30.7 Å². The van der Waals surface area contributed by atoms with E-state index < -0.39 is 0 Å². The molecule has 3 heteroatoms. The third-order valence-corrected chi connectivity index (χ3v) is 6.36. The Morgan fingerprint density at radius 1 is 1.38 bits per heavy atom. The van der Waals surface area contributed by atoms with Crippen LogP contribution in [0, 0.1) is 0 Å². The van der Waals surface area contributed by atoms with Crippen molar-refractivity contribution < 1.29 is 0 Å². The maximum atomic E-state index is 3.94. The molecule has 0 radical (unpaired) electrons. The molecule has 1 saturated carbocycles. The lowest BCUT2D eigenvalue weighted by molar-refractivity contribution is 0.0276. The summed E-state index contributed by atoms with van der Waals surface area (Å²) >= 11 is 1.83. The van der Waals surface area contributed by atoms with Crippen LogP contribution in [0.5, 0.6) is 0 Å². The minimum absolute atomic E-state index is 0.423. The molecule has 1 aliphatic carbocycles.